The molecule has 2 aromatic heterocycles. The van der Waals surface area contributed by atoms with Crippen molar-refractivity contribution in [3.63, 3.8) is 0 Å². The Hall–Kier alpha value is -2.28. The Morgan fingerprint density at radius 1 is 1.33 bits per heavy atom. The zero-order chi connectivity index (χ0) is 14.8. The van der Waals surface area contributed by atoms with Crippen LogP contribution in [0.4, 0.5) is 5.13 Å². The predicted molar refractivity (Wildman–Crippen MR) is 79.1 cm³/mol. The smallest absolute Gasteiger partial charge is 0.254 e. The monoisotopic (exact) mass is 302 g/mol. The number of carbonyl (C=O) groups excluding carboxylic acids is 2. The molecule has 0 fully saturated rings. The molecule has 0 spiro atoms. The highest BCUT2D eigenvalue weighted by molar-refractivity contribution is 7.15. The summed E-state index contributed by atoms with van der Waals surface area (Å²) >= 11 is 1.43. The Labute approximate surface area is 125 Å². The molecule has 3 rings (SSSR count). The van der Waals surface area contributed by atoms with Gasteiger partial charge in [0.05, 0.1) is 12.2 Å². The fraction of sp³-hybridized carbons (Fsp3) is 0.286. The van der Waals surface area contributed by atoms with Crippen molar-refractivity contribution in [2.24, 2.45) is 0 Å². The average molecular weight is 302 g/mol. The van der Waals surface area contributed by atoms with Gasteiger partial charge in [0, 0.05) is 42.7 Å². The average Bonchev–Trinajstić information content (AvgIpc) is 2.87. The van der Waals surface area contributed by atoms with Gasteiger partial charge in [0.1, 0.15) is 0 Å². The van der Waals surface area contributed by atoms with Gasteiger partial charge in [-0.1, -0.05) is 11.3 Å². The van der Waals surface area contributed by atoms with Gasteiger partial charge in [-0.3, -0.25) is 14.6 Å². The first-order chi connectivity index (χ1) is 10.1. The minimum atomic E-state index is -0.134. The molecule has 6 nitrogen and oxygen atoms in total. The van der Waals surface area contributed by atoms with Crippen LogP contribution in [0.1, 0.15) is 27.9 Å². The molecule has 0 unspecified atom stereocenters. The number of anilines is 1. The van der Waals surface area contributed by atoms with E-state index in [4.69, 9.17) is 0 Å². The molecule has 0 radical (unpaired) electrons. The van der Waals surface area contributed by atoms with Gasteiger partial charge in [0.25, 0.3) is 5.91 Å². The number of fused-ring (bicyclic) bond motifs is 1. The van der Waals surface area contributed by atoms with Gasteiger partial charge in [0.2, 0.25) is 5.91 Å². The second-order valence-corrected chi connectivity index (χ2v) is 5.87. The predicted octanol–water partition coefficient (Wildman–Crippen LogP) is 1.69. The zero-order valence-corrected chi connectivity index (χ0v) is 12.3. The Morgan fingerprint density at radius 2 is 2.10 bits per heavy atom. The quantitative estimate of drug-likeness (QED) is 0.916. The Morgan fingerprint density at radius 3 is 2.81 bits per heavy atom. The summed E-state index contributed by atoms with van der Waals surface area (Å²) in [5.74, 6) is -0.136. The van der Waals surface area contributed by atoms with Crippen LogP contribution in [-0.4, -0.2) is 33.2 Å². The minimum Gasteiger partial charge on any atom is -0.333 e. The van der Waals surface area contributed by atoms with E-state index in [1.165, 1.54) is 18.3 Å². The first-order valence-electron chi connectivity index (χ1n) is 6.59. The van der Waals surface area contributed by atoms with Gasteiger partial charge < -0.3 is 10.2 Å². The third-order valence-electron chi connectivity index (χ3n) is 3.23. The number of carbonyl (C=O) groups is 2. The van der Waals surface area contributed by atoms with Crippen molar-refractivity contribution in [2.45, 2.75) is 19.9 Å². The van der Waals surface area contributed by atoms with Crippen LogP contribution in [0.3, 0.4) is 0 Å². The second kappa shape index (κ2) is 5.61. The molecule has 1 N–H and O–H groups in total. The van der Waals surface area contributed by atoms with Gasteiger partial charge in [0.15, 0.2) is 5.13 Å². The normalized spacial score (nSPS) is 13.7. The molecule has 108 valence electrons. The van der Waals surface area contributed by atoms with E-state index in [1.54, 1.807) is 29.4 Å². The lowest BCUT2D eigenvalue weighted by atomic mass is 10.1. The van der Waals surface area contributed by atoms with Gasteiger partial charge in [-0.25, -0.2) is 4.98 Å². The Balaban J connectivity index is 1.76. The molecule has 1 aliphatic heterocycles. The number of amides is 2. The number of nitrogens with zero attached hydrogens (tertiary/aromatic N) is 3. The molecule has 1 aliphatic rings. The van der Waals surface area contributed by atoms with Crippen molar-refractivity contribution in [1.82, 2.24) is 14.9 Å². The highest BCUT2D eigenvalue weighted by atomic mass is 32.1. The van der Waals surface area contributed by atoms with Gasteiger partial charge in [-0.2, -0.15) is 0 Å². The molecule has 0 bridgehead atoms. The van der Waals surface area contributed by atoms with Crippen molar-refractivity contribution in [2.75, 3.05) is 11.9 Å². The lowest BCUT2D eigenvalue weighted by Gasteiger charge is -2.26. The molecule has 0 saturated heterocycles. The van der Waals surface area contributed by atoms with E-state index in [2.05, 4.69) is 15.3 Å². The van der Waals surface area contributed by atoms with Crippen LogP contribution in [0.15, 0.2) is 24.5 Å². The summed E-state index contributed by atoms with van der Waals surface area (Å²) < 4.78 is 0. The summed E-state index contributed by atoms with van der Waals surface area (Å²) in [6.07, 6.45) is 3.94. The number of pyridine rings is 1. The highest BCUT2D eigenvalue weighted by Crippen LogP contribution is 2.28. The van der Waals surface area contributed by atoms with Crippen LogP contribution in [0.2, 0.25) is 0 Å². The summed E-state index contributed by atoms with van der Waals surface area (Å²) in [4.78, 5) is 34.6. The third kappa shape index (κ3) is 2.92. The molecular formula is C14H14N4O2S. The molecule has 7 heteroatoms. The molecule has 2 aromatic rings. The molecule has 0 aliphatic carbocycles. The summed E-state index contributed by atoms with van der Waals surface area (Å²) in [5.41, 5.74) is 1.61. The molecule has 2 amide bonds. The van der Waals surface area contributed by atoms with E-state index in [-0.39, 0.29) is 11.8 Å². The fourth-order valence-electron chi connectivity index (χ4n) is 2.25. The number of hydrogen-bond donors (Lipinski definition) is 1. The first kappa shape index (κ1) is 13.7. The summed E-state index contributed by atoms with van der Waals surface area (Å²) in [5, 5.41) is 3.30. The topological polar surface area (TPSA) is 75.2 Å². The van der Waals surface area contributed by atoms with E-state index in [0.717, 1.165) is 10.6 Å². The van der Waals surface area contributed by atoms with E-state index in [1.807, 2.05) is 0 Å². The van der Waals surface area contributed by atoms with Crippen LogP contribution in [0.25, 0.3) is 0 Å². The molecule has 0 atom stereocenters. The van der Waals surface area contributed by atoms with Crippen molar-refractivity contribution in [1.29, 1.82) is 0 Å². The SMILES string of the molecule is CC(=O)Nc1nc2c(s1)CN(C(=O)c1ccncc1)CC2. The maximum absolute atomic E-state index is 12.4. The second-order valence-electron chi connectivity index (χ2n) is 4.78. The lowest BCUT2D eigenvalue weighted by molar-refractivity contribution is -0.114. The lowest BCUT2D eigenvalue weighted by Crippen LogP contribution is -2.35. The van der Waals surface area contributed by atoms with E-state index >= 15 is 0 Å². The largest absolute Gasteiger partial charge is 0.333 e. The van der Waals surface area contributed by atoms with E-state index in [0.29, 0.717) is 30.2 Å². The third-order valence-corrected chi connectivity index (χ3v) is 4.23. The maximum Gasteiger partial charge on any atom is 0.254 e. The summed E-state index contributed by atoms with van der Waals surface area (Å²) in [6, 6.07) is 3.43. The van der Waals surface area contributed by atoms with Crippen LogP contribution in [0, 0.1) is 0 Å². The fourth-order valence-corrected chi connectivity index (χ4v) is 3.32. The number of thiazole rings is 1. The number of rotatable bonds is 2. The van der Waals surface area contributed by atoms with Crippen molar-refractivity contribution in [3.8, 4) is 0 Å². The first-order valence-corrected chi connectivity index (χ1v) is 7.40. The summed E-state index contributed by atoms with van der Waals surface area (Å²) in [7, 11) is 0. The van der Waals surface area contributed by atoms with E-state index < -0.39 is 0 Å². The molecule has 0 saturated carbocycles. The van der Waals surface area contributed by atoms with Gasteiger partial charge in [-0.15, -0.1) is 0 Å². The number of aromatic nitrogens is 2. The summed E-state index contributed by atoms with van der Waals surface area (Å²) in [6.45, 7) is 2.63. The molecular weight excluding hydrogens is 288 g/mol. The van der Waals surface area contributed by atoms with Gasteiger partial charge in [-0.05, 0) is 12.1 Å². The van der Waals surface area contributed by atoms with Crippen molar-refractivity contribution >= 4 is 28.3 Å². The van der Waals surface area contributed by atoms with Gasteiger partial charge >= 0.3 is 0 Å². The van der Waals surface area contributed by atoms with Crippen LogP contribution in [-0.2, 0) is 17.8 Å². The molecule has 3 heterocycles. The molecule has 0 aromatic carbocycles. The van der Waals surface area contributed by atoms with Crippen LogP contribution < -0.4 is 5.32 Å². The zero-order valence-electron chi connectivity index (χ0n) is 11.5. The van der Waals surface area contributed by atoms with E-state index in [9.17, 15) is 9.59 Å². The maximum atomic E-state index is 12.4. The molecule has 21 heavy (non-hydrogen) atoms. The van der Waals surface area contributed by atoms with Crippen molar-refractivity contribution < 1.29 is 9.59 Å². The van der Waals surface area contributed by atoms with Crippen molar-refractivity contribution in [3.05, 3.63) is 40.7 Å². The standard InChI is InChI=1S/C14H14N4O2S/c1-9(19)16-14-17-11-4-7-18(8-12(11)21-14)13(20)10-2-5-15-6-3-10/h2-3,5-6H,4,7-8H2,1H3,(H,16,17,19). The number of hydrogen-bond acceptors (Lipinski definition) is 5. The highest BCUT2D eigenvalue weighted by Gasteiger charge is 2.25. The number of nitrogens with one attached hydrogen (secondary N) is 1. The minimum absolute atomic E-state index is 0.00229. The van der Waals surface area contributed by atoms with Crippen LogP contribution >= 0.6 is 11.3 Å². The Kier molecular flexibility index (Phi) is 3.66. The Bertz CT molecular complexity index is 684. The van der Waals surface area contributed by atoms with Crippen LogP contribution in [0.5, 0.6) is 0 Å².